The summed E-state index contributed by atoms with van der Waals surface area (Å²) in [6, 6.07) is 9.65. The average molecular weight is 356 g/mol. The van der Waals surface area contributed by atoms with Gasteiger partial charge in [-0.2, -0.15) is 0 Å². The SMILES string of the molecule is CC(Nc1cccc(Br)c1)(C(=O)O)c1ccc(F)cc1F. The molecule has 0 aliphatic heterocycles. The first-order valence-electron chi connectivity index (χ1n) is 6.05. The van der Waals surface area contributed by atoms with Gasteiger partial charge in [-0.1, -0.05) is 28.1 Å². The van der Waals surface area contributed by atoms with Gasteiger partial charge in [0.1, 0.15) is 11.6 Å². The van der Waals surface area contributed by atoms with Crippen LogP contribution in [0.15, 0.2) is 46.9 Å². The predicted molar refractivity (Wildman–Crippen MR) is 79.1 cm³/mol. The molecule has 2 N–H and O–H groups in total. The van der Waals surface area contributed by atoms with E-state index in [1.54, 1.807) is 24.3 Å². The van der Waals surface area contributed by atoms with Gasteiger partial charge in [-0.3, -0.25) is 0 Å². The van der Waals surface area contributed by atoms with Crippen LogP contribution >= 0.6 is 15.9 Å². The zero-order valence-corrected chi connectivity index (χ0v) is 12.6. The first-order chi connectivity index (χ1) is 9.83. The Bertz CT molecular complexity index is 693. The van der Waals surface area contributed by atoms with Gasteiger partial charge in [-0.05, 0) is 31.2 Å². The smallest absolute Gasteiger partial charge is 0.333 e. The molecule has 2 aromatic carbocycles. The lowest BCUT2D eigenvalue weighted by molar-refractivity contribution is -0.142. The molecule has 0 aliphatic carbocycles. The van der Waals surface area contributed by atoms with Crippen molar-refractivity contribution < 1.29 is 18.7 Å². The minimum absolute atomic E-state index is 0.142. The third-order valence-corrected chi connectivity index (χ3v) is 3.61. The molecule has 21 heavy (non-hydrogen) atoms. The van der Waals surface area contributed by atoms with Crippen LogP contribution in [0.3, 0.4) is 0 Å². The van der Waals surface area contributed by atoms with Gasteiger partial charge in [0.05, 0.1) is 0 Å². The maximum atomic E-state index is 13.9. The van der Waals surface area contributed by atoms with E-state index in [-0.39, 0.29) is 5.56 Å². The number of carbonyl (C=O) groups is 1. The zero-order valence-electron chi connectivity index (χ0n) is 11.0. The third kappa shape index (κ3) is 3.21. The van der Waals surface area contributed by atoms with Crippen molar-refractivity contribution in [2.75, 3.05) is 5.32 Å². The standard InChI is InChI=1S/C15H12BrF2NO2/c1-15(14(20)21,12-6-5-10(17)8-13(12)18)19-11-4-2-3-9(16)7-11/h2-8,19H,1H3,(H,20,21). The van der Waals surface area contributed by atoms with Crippen LogP contribution in [0.5, 0.6) is 0 Å². The van der Waals surface area contributed by atoms with Gasteiger partial charge in [0, 0.05) is 21.8 Å². The quantitative estimate of drug-likeness (QED) is 0.866. The van der Waals surface area contributed by atoms with E-state index in [1.165, 1.54) is 6.92 Å². The summed E-state index contributed by atoms with van der Waals surface area (Å²) in [6.45, 7) is 1.33. The molecule has 0 saturated heterocycles. The molecule has 6 heteroatoms. The normalized spacial score (nSPS) is 13.5. The molecule has 110 valence electrons. The predicted octanol–water partition coefficient (Wildman–Crippen LogP) is 4.14. The first kappa shape index (κ1) is 15.4. The highest BCUT2D eigenvalue weighted by atomic mass is 79.9. The fourth-order valence-electron chi connectivity index (χ4n) is 1.99. The number of aliphatic carboxylic acids is 1. The van der Waals surface area contributed by atoms with E-state index in [9.17, 15) is 18.7 Å². The number of hydrogen-bond acceptors (Lipinski definition) is 2. The van der Waals surface area contributed by atoms with E-state index in [2.05, 4.69) is 21.2 Å². The van der Waals surface area contributed by atoms with Crippen LogP contribution in [0.1, 0.15) is 12.5 Å². The van der Waals surface area contributed by atoms with E-state index >= 15 is 0 Å². The van der Waals surface area contributed by atoms with Crippen molar-refractivity contribution in [1.29, 1.82) is 0 Å². The molecular weight excluding hydrogens is 344 g/mol. The van der Waals surface area contributed by atoms with Crippen LogP contribution < -0.4 is 5.32 Å². The van der Waals surface area contributed by atoms with Gasteiger partial charge in [0.2, 0.25) is 0 Å². The van der Waals surface area contributed by atoms with Crippen molar-refractivity contribution in [1.82, 2.24) is 0 Å². The Balaban J connectivity index is 2.48. The Morgan fingerprint density at radius 1 is 1.24 bits per heavy atom. The molecule has 1 unspecified atom stereocenters. The maximum absolute atomic E-state index is 13.9. The minimum Gasteiger partial charge on any atom is -0.479 e. The van der Waals surface area contributed by atoms with E-state index in [4.69, 9.17) is 0 Å². The average Bonchev–Trinajstić information content (AvgIpc) is 2.38. The topological polar surface area (TPSA) is 49.3 Å². The third-order valence-electron chi connectivity index (χ3n) is 3.12. The van der Waals surface area contributed by atoms with Crippen LogP contribution in [0.2, 0.25) is 0 Å². The fourth-order valence-corrected chi connectivity index (χ4v) is 2.39. The van der Waals surface area contributed by atoms with E-state index < -0.39 is 23.1 Å². The highest BCUT2D eigenvalue weighted by Crippen LogP contribution is 2.30. The highest BCUT2D eigenvalue weighted by Gasteiger charge is 2.37. The van der Waals surface area contributed by atoms with Crippen molar-refractivity contribution in [3.8, 4) is 0 Å². The van der Waals surface area contributed by atoms with E-state index in [0.717, 1.165) is 16.6 Å². The van der Waals surface area contributed by atoms with Crippen molar-refractivity contribution in [2.24, 2.45) is 0 Å². The Hall–Kier alpha value is -1.95. The lowest BCUT2D eigenvalue weighted by Crippen LogP contribution is -2.41. The summed E-state index contributed by atoms with van der Waals surface area (Å²) in [4.78, 5) is 11.6. The van der Waals surface area contributed by atoms with E-state index in [1.807, 2.05) is 0 Å². The summed E-state index contributed by atoms with van der Waals surface area (Å²) in [6.07, 6.45) is 0. The molecule has 0 aliphatic rings. The number of rotatable bonds is 4. The van der Waals surface area contributed by atoms with Gasteiger partial charge in [0.25, 0.3) is 0 Å². The second-order valence-electron chi connectivity index (χ2n) is 4.69. The molecule has 1 atom stereocenters. The molecule has 0 aromatic heterocycles. The van der Waals surface area contributed by atoms with Crippen LogP contribution in [0.4, 0.5) is 14.5 Å². The molecule has 2 aromatic rings. The number of benzene rings is 2. The van der Waals surface area contributed by atoms with Gasteiger partial charge < -0.3 is 10.4 Å². The summed E-state index contributed by atoms with van der Waals surface area (Å²) >= 11 is 3.28. The molecule has 0 radical (unpaired) electrons. The molecular formula is C15H12BrF2NO2. The Labute approximate surface area is 128 Å². The summed E-state index contributed by atoms with van der Waals surface area (Å²) < 4.78 is 27.7. The molecule has 0 fully saturated rings. The number of anilines is 1. The van der Waals surface area contributed by atoms with E-state index in [0.29, 0.717) is 11.8 Å². The fraction of sp³-hybridized carbons (Fsp3) is 0.133. The Kier molecular flexibility index (Phi) is 4.27. The molecule has 2 rings (SSSR count). The lowest BCUT2D eigenvalue weighted by atomic mass is 9.91. The summed E-state index contributed by atoms with van der Waals surface area (Å²) in [5.74, 6) is -2.94. The second-order valence-corrected chi connectivity index (χ2v) is 5.61. The monoisotopic (exact) mass is 355 g/mol. The number of carboxylic acid groups (broad SMARTS) is 1. The molecule has 0 spiro atoms. The summed E-state index contributed by atoms with van der Waals surface area (Å²) in [7, 11) is 0. The highest BCUT2D eigenvalue weighted by molar-refractivity contribution is 9.10. The second kappa shape index (κ2) is 5.81. The first-order valence-corrected chi connectivity index (χ1v) is 6.85. The van der Waals surface area contributed by atoms with Crippen LogP contribution in [-0.4, -0.2) is 11.1 Å². The molecule has 0 amide bonds. The van der Waals surface area contributed by atoms with Crippen molar-refractivity contribution >= 4 is 27.6 Å². The summed E-state index contributed by atoms with van der Waals surface area (Å²) in [5.41, 5.74) is -1.37. The Morgan fingerprint density at radius 3 is 2.52 bits per heavy atom. The zero-order chi connectivity index (χ0) is 15.6. The summed E-state index contributed by atoms with van der Waals surface area (Å²) in [5, 5.41) is 12.3. The minimum atomic E-state index is -1.72. The van der Waals surface area contributed by atoms with Gasteiger partial charge in [-0.15, -0.1) is 0 Å². The molecule has 3 nitrogen and oxygen atoms in total. The number of nitrogens with one attached hydrogen (secondary N) is 1. The van der Waals surface area contributed by atoms with Crippen molar-refractivity contribution in [3.05, 3.63) is 64.1 Å². The van der Waals surface area contributed by atoms with Crippen LogP contribution in [0, 0.1) is 11.6 Å². The van der Waals surface area contributed by atoms with Gasteiger partial charge >= 0.3 is 5.97 Å². The number of carboxylic acids is 1. The van der Waals surface area contributed by atoms with Gasteiger partial charge in [-0.25, -0.2) is 13.6 Å². The molecule has 0 heterocycles. The lowest BCUT2D eigenvalue weighted by Gasteiger charge is -2.28. The number of hydrogen-bond donors (Lipinski definition) is 2. The van der Waals surface area contributed by atoms with Crippen LogP contribution in [0.25, 0.3) is 0 Å². The van der Waals surface area contributed by atoms with Crippen molar-refractivity contribution in [2.45, 2.75) is 12.5 Å². The van der Waals surface area contributed by atoms with Crippen molar-refractivity contribution in [3.63, 3.8) is 0 Å². The molecule has 0 bridgehead atoms. The number of halogens is 3. The van der Waals surface area contributed by atoms with Gasteiger partial charge in [0.15, 0.2) is 5.54 Å². The molecule has 0 saturated carbocycles. The largest absolute Gasteiger partial charge is 0.479 e. The maximum Gasteiger partial charge on any atom is 0.333 e. The Morgan fingerprint density at radius 2 is 1.95 bits per heavy atom. The van der Waals surface area contributed by atoms with Crippen LogP contribution in [-0.2, 0) is 10.3 Å².